The fourth-order valence-corrected chi connectivity index (χ4v) is 4.68. The molecule has 0 spiro atoms. The Balaban J connectivity index is 1.71. The maximum absolute atomic E-state index is 13.2. The fourth-order valence-electron chi connectivity index (χ4n) is 3.97. The van der Waals surface area contributed by atoms with Crippen LogP contribution in [0.2, 0.25) is 0 Å². The van der Waals surface area contributed by atoms with Crippen LogP contribution < -0.4 is 10.4 Å². The van der Waals surface area contributed by atoms with Crippen molar-refractivity contribution in [2.24, 2.45) is 0 Å². The third kappa shape index (κ3) is 4.18. The normalized spacial score (nSPS) is 19.9. The molecule has 0 aromatic carbocycles. The number of halogens is 1. The molecule has 3 rings (SSSR count). The topological polar surface area (TPSA) is 48.5 Å². The van der Waals surface area contributed by atoms with Crippen molar-refractivity contribution in [3.63, 3.8) is 0 Å². The number of hydrogen-bond donors (Lipinski definition) is 1. The Kier molecular flexibility index (Phi) is 5.92. The van der Waals surface area contributed by atoms with E-state index >= 15 is 0 Å². The molecule has 1 heterocycles. The van der Waals surface area contributed by atoms with E-state index in [1.165, 1.54) is 56.9 Å². The average molecular weight is 354 g/mol. The van der Waals surface area contributed by atoms with Gasteiger partial charge < -0.3 is 4.90 Å². The highest BCUT2D eigenvalue weighted by Gasteiger charge is 2.32. The number of nitrogens with one attached hydrogen (secondary N) is 1. The highest BCUT2D eigenvalue weighted by Crippen LogP contribution is 2.31. The molecule has 0 bridgehead atoms. The molecular weight excluding hydrogens is 327 g/mol. The Morgan fingerprint density at radius 1 is 1.12 bits per heavy atom. The van der Waals surface area contributed by atoms with Crippen LogP contribution in [0, 0.1) is 0 Å². The van der Waals surface area contributed by atoms with Gasteiger partial charge in [-0.3, -0.25) is 5.32 Å². The lowest BCUT2D eigenvalue weighted by Gasteiger charge is -2.41. The van der Waals surface area contributed by atoms with E-state index in [1.54, 1.807) is 5.38 Å². The summed E-state index contributed by atoms with van der Waals surface area (Å²) in [6.07, 6.45) is 11.8. The molecule has 0 unspecified atom stereocenters. The predicted octanol–water partition coefficient (Wildman–Crippen LogP) is 4.96. The molecule has 2 fully saturated rings. The number of urea groups is 1. The van der Waals surface area contributed by atoms with Gasteiger partial charge in [0.15, 0.2) is 10.9 Å². The molecule has 0 aliphatic heterocycles. The van der Waals surface area contributed by atoms with Crippen LogP contribution in [0.1, 0.15) is 64.2 Å². The molecule has 2 aliphatic carbocycles. The fraction of sp³-hybridized carbons (Fsp3) is 0.765. The number of anilines is 2. The molecule has 2 amide bonds. The van der Waals surface area contributed by atoms with Crippen LogP contribution in [0.4, 0.5) is 20.2 Å². The van der Waals surface area contributed by atoms with E-state index in [2.05, 4.69) is 15.2 Å². The molecule has 1 aromatic rings. The Labute approximate surface area is 147 Å². The van der Waals surface area contributed by atoms with Crippen LogP contribution in [0.3, 0.4) is 0 Å². The molecular formula is C17H27FN4OS. The van der Waals surface area contributed by atoms with E-state index in [1.807, 2.05) is 0 Å². The maximum atomic E-state index is 13.2. The summed E-state index contributed by atoms with van der Waals surface area (Å²) in [5.74, 6) is 0.234. The first-order valence-electron chi connectivity index (χ1n) is 9.09. The second kappa shape index (κ2) is 8.14. The predicted molar refractivity (Wildman–Crippen MR) is 96.2 cm³/mol. The quantitative estimate of drug-likeness (QED) is 0.777. The first-order chi connectivity index (χ1) is 11.6. The number of amides is 2. The zero-order valence-corrected chi connectivity index (χ0v) is 15.2. The van der Waals surface area contributed by atoms with E-state index in [0.29, 0.717) is 22.3 Å². The monoisotopic (exact) mass is 354 g/mol. The molecule has 2 saturated carbocycles. The van der Waals surface area contributed by atoms with Gasteiger partial charge in [0.2, 0.25) is 0 Å². The molecule has 7 heteroatoms. The van der Waals surface area contributed by atoms with Gasteiger partial charge in [-0.25, -0.2) is 9.78 Å². The SMILES string of the molecule is CN(F)c1csc(NC(=O)N(C2CCCCC2)C2CCCCC2)n1. The summed E-state index contributed by atoms with van der Waals surface area (Å²) in [6.45, 7) is 0. The van der Waals surface area contributed by atoms with Gasteiger partial charge in [0.25, 0.3) is 0 Å². The second-order valence-electron chi connectivity index (χ2n) is 6.91. The van der Waals surface area contributed by atoms with E-state index in [0.717, 1.165) is 25.7 Å². The molecule has 0 atom stereocenters. The smallest absolute Gasteiger partial charge is 0.319 e. The second-order valence-corrected chi connectivity index (χ2v) is 7.77. The molecule has 1 N–H and O–H groups in total. The van der Waals surface area contributed by atoms with E-state index in [9.17, 15) is 9.28 Å². The zero-order chi connectivity index (χ0) is 16.9. The van der Waals surface area contributed by atoms with Gasteiger partial charge in [0.1, 0.15) is 0 Å². The van der Waals surface area contributed by atoms with Crippen LogP contribution in [0.15, 0.2) is 5.38 Å². The van der Waals surface area contributed by atoms with Crippen molar-refractivity contribution in [2.45, 2.75) is 76.3 Å². The van der Waals surface area contributed by atoms with Gasteiger partial charge in [0, 0.05) is 24.5 Å². The largest absolute Gasteiger partial charge is 0.324 e. The number of rotatable bonds is 4. The Morgan fingerprint density at radius 2 is 1.67 bits per heavy atom. The minimum atomic E-state index is -0.0591. The van der Waals surface area contributed by atoms with Crippen molar-refractivity contribution in [3.8, 4) is 0 Å². The number of carbonyl (C=O) groups is 1. The Morgan fingerprint density at radius 3 is 2.12 bits per heavy atom. The van der Waals surface area contributed by atoms with Crippen LogP contribution in [-0.2, 0) is 0 Å². The highest BCUT2D eigenvalue weighted by molar-refractivity contribution is 7.14. The number of hydrogen-bond acceptors (Lipinski definition) is 4. The maximum Gasteiger partial charge on any atom is 0.324 e. The molecule has 0 saturated heterocycles. The summed E-state index contributed by atoms with van der Waals surface area (Å²) >= 11 is 1.27. The zero-order valence-electron chi connectivity index (χ0n) is 14.3. The van der Waals surface area contributed by atoms with Crippen LogP contribution in [0.25, 0.3) is 0 Å². The van der Waals surface area contributed by atoms with E-state index < -0.39 is 0 Å². The van der Waals surface area contributed by atoms with Gasteiger partial charge in [-0.05, 0) is 25.7 Å². The first kappa shape index (κ1) is 17.5. The third-order valence-corrected chi connectivity index (χ3v) is 5.94. The summed E-state index contributed by atoms with van der Waals surface area (Å²) < 4.78 is 13.2. The van der Waals surface area contributed by atoms with Crippen molar-refractivity contribution in [1.82, 2.24) is 9.88 Å². The molecule has 24 heavy (non-hydrogen) atoms. The van der Waals surface area contributed by atoms with E-state index in [4.69, 9.17) is 0 Å². The summed E-state index contributed by atoms with van der Waals surface area (Å²) in [7, 11) is 1.30. The number of carbonyl (C=O) groups excluding carboxylic acids is 1. The van der Waals surface area contributed by atoms with Crippen molar-refractivity contribution >= 4 is 28.3 Å². The summed E-state index contributed by atoms with van der Waals surface area (Å²) in [4.78, 5) is 19.2. The molecule has 5 nitrogen and oxygen atoms in total. The summed E-state index contributed by atoms with van der Waals surface area (Å²) in [5, 5.41) is 5.46. The van der Waals surface area contributed by atoms with Crippen molar-refractivity contribution in [3.05, 3.63) is 5.38 Å². The standard InChI is InChI=1S/C17H27FN4OS/c1-21(18)15-12-24-16(19-15)20-17(23)22(13-8-4-2-5-9-13)14-10-6-3-7-11-14/h12-14H,2-11H2,1H3,(H,19,20,23). The summed E-state index contributed by atoms with van der Waals surface area (Å²) in [5.41, 5.74) is 0. The Bertz CT molecular complexity index is 520. The number of aromatic nitrogens is 1. The Hall–Kier alpha value is -1.37. The van der Waals surface area contributed by atoms with Gasteiger partial charge in [-0.1, -0.05) is 43.0 Å². The van der Waals surface area contributed by atoms with Crippen LogP contribution in [-0.4, -0.2) is 35.0 Å². The van der Waals surface area contributed by atoms with Crippen molar-refractivity contribution in [2.75, 3.05) is 17.5 Å². The minimum Gasteiger partial charge on any atom is -0.319 e. The van der Waals surface area contributed by atoms with Crippen LogP contribution >= 0.6 is 11.3 Å². The molecule has 0 radical (unpaired) electrons. The average Bonchev–Trinajstić information content (AvgIpc) is 3.06. The van der Waals surface area contributed by atoms with Crippen LogP contribution in [0.5, 0.6) is 0 Å². The van der Waals surface area contributed by atoms with Crippen molar-refractivity contribution in [1.29, 1.82) is 0 Å². The third-order valence-electron chi connectivity index (χ3n) is 5.19. The highest BCUT2D eigenvalue weighted by atomic mass is 32.1. The molecule has 134 valence electrons. The lowest BCUT2D eigenvalue weighted by atomic mass is 9.89. The first-order valence-corrected chi connectivity index (χ1v) is 9.97. The summed E-state index contributed by atoms with van der Waals surface area (Å²) in [6, 6.07) is 0.617. The van der Waals surface area contributed by atoms with Gasteiger partial charge >= 0.3 is 6.03 Å². The minimum absolute atomic E-state index is 0.0591. The number of thiazole rings is 1. The number of nitrogens with zero attached hydrogens (tertiary/aromatic N) is 3. The van der Waals surface area contributed by atoms with Gasteiger partial charge in [-0.15, -0.1) is 11.3 Å². The van der Waals surface area contributed by atoms with Crippen molar-refractivity contribution < 1.29 is 9.28 Å². The molecule has 2 aliphatic rings. The van der Waals surface area contributed by atoms with E-state index in [-0.39, 0.29) is 11.8 Å². The van der Waals surface area contributed by atoms with Gasteiger partial charge in [-0.2, -0.15) is 5.12 Å². The molecule has 1 aromatic heterocycles. The lowest BCUT2D eigenvalue weighted by Crippen LogP contribution is -2.50. The van der Waals surface area contributed by atoms with Gasteiger partial charge in [0.05, 0.1) is 0 Å². The lowest BCUT2D eigenvalue weighted by molar-refractivity contribution is 0.114.